The zero-order valence-corrected chi connectivity index (χ0v) is 19.1. The van der Waals surface area contributed by atoms with E-state index >= 15 is 0 Å². The molecule has 0 aliphatic carbocycles. The van der Waals surface area contributed by atoms with Gasteiger partial charge in [0, 0.05) is 39.8 Å². The maximum absolute atomic E-state index is 11.8. The zero-order chi connectivity index (χ0) is 18.9. The molecule has 1 unspecified atom stereocenters. The van der Waals surface area contributed by atoms with Gasteiger partial charge in [0.25, 0.3) is 0 Å². The van der Waals surface area contributed by atoms with Gasteiger partial charge in [0.1, 0.15) is 0 Å². The number of aliphatic imine (C=N–C) groups is 1. The normalized spacial score (nSPS) is 16.0. The van der Waals surface area contributed by atoms with E-state index in [9.17, 15) is 4.79 Å². The van der Waals surface area contributed by atoms with Gasteiger partial charge in [0.05, 0.1) is 12.6 Å². The molecular weight excluding hydrogens is 457 g/mol. The van der Waals surface area contributed by atoms with Gasteiger partial charge < -0.3 is 24.8 Å². The monoisotopic (exact) mass is 489 g/mol. The van der Waals surface area contributed by atoms with Crippen molar-refractivity contribution in [2.24, 2.45) is 4.99 Å². The first-order valence-corrected chi connectivity index (χ1v) is 9.15. The van der Waals surface area contributed by atoms with Crippen LogP contribution in [0.15, 0.2) is 35.3 Å². The molecule has 0 aromatic heterocycles. The van der Waals surface area contributed by atoms with Crippen LogP contribution in [0, 0.1) is 0 Å². The first-order chi connectivity index (χ1) is 12.6. The quantitative estimate of drug-likeness (QED) is 0.391. The van der Waals surface area contributed by atoms with Crippen molar-refractivity contribution in [2.75, 3.05) is 60.5 Å². The molecule has 1 aliphatic heterocycles. The lowest BCUT2D eigenvalue weighted by Crippen LogP contribution is -2.54. The summed E-state index contributed by atoms with van der Waals surface area (Å²) in [4.78, 5) is 22.4. The maximum atomic E-state index is 11.8. The van der Waals surface area contributed by atoms with Crippen LogP contribution in [0.2, 0.25) is 0 Å². The number of rotatable bonds is 5. The summed E-state index contributed by atoms with van der Waals surface area (Å²) in [5, 5.41) is 3.49. The molecule has 152 valence electrons. The number of benzene rings is 1. The zero-order valence-electron chi connectivity index (χ0n) is 16.7. The van der Waals surface area contributed by atoms with Crippen molar-refractivity contribution >= 4 is 36.0 Å². The van der Waals surface area contributed by atoms with Crippen molar-refractivity contribution in [1.29, 1.82) is 0 Å². The van der Waals surface area contributed by atoms with Gasteiger partial charge in [-0.1, -0.05) is 30.3 Å². The minimum Gasteiger partial charge on any atom is -0.450 e. The topological polar surface area (TPSA) is 60.4 Å². The minimum atomic E-state index is -0.230. The number of carbonyl (C=O) groups excluding carboxylic acids is 1. The van der Waals surface area contributed by atoms with Crippen LogP contribution in [0.3, 0.4) is 0 Å². The highest BCUT2D eigenvalue weighted by atomic mass is 127. The van der Waals surface area contributed by atoms with Crippen LogP contribution in [-0.2, 0) is 4.74 Å². The standard InChI is InChI=1S/C19H31N5O2.HI/c1-5-26-19(25)24-13-11-23(12-14-24)18(20-2)21-15-17(22(3)4)16-9-7-6-8-10-16;/h6-10,17H,5,11-15H2,1-4H3,(H,20,21);1H. The number of ether oxygens (including phenoxy) is 1. The van der Waals surface area contributed by atoms with Gasteiger partial charge in [-0.25, -0.2) is 4.79 Å². The minimum absolute atomic E-state index is 0. The van der Waals surface area contributed by atoms with Crippen LogP contribution >= 0.6 is 24.0 Å². The molecule has 1 aliphatic rings. The van der Waals surface area contributed by atoms with E-state index in [-0.39, 0.29) is 36.1 Å². The predicted molar refractivity (Wildman–Crippen MR) is 120 cm³/mol. The van der Waals surface area contributed by atoms with E-state index in [0.717, 1.165) is 25.6 Å². The van der Waals surface area contributed by atoms with Crippen molar-refractivity contribution in [3.05, 3.63) is 35.9 Å². The Bertz CT molecular complexity index is 589. The third-order valence-electron chi connectivity index (χ3n) is 4.58. The van der Waals surface area contributed by atoms with Gasteiger partial charge in [-0.05, 0) is 26.6 Å². The van der Waals surface area contributed by atoms with E-state index in [1.54, 1.807) is 11.9 Å². The fourth-order valence-corrected chi connectivity index (χ4v) is 3.11. The van der Waals surface area contributed by atoms with Crippen LogP contribution in [-0.4, -0.2) is 87.2 Å². The second-order valence-corrected chi connectivity index (χ2v) is 6.49. The third-order valence-corrected chi connectivity index (χ3v) is 4.58. The first kappa shape index (κ1) is 23.5. The molecule has 1 aromatic carbocycles. The number of guanidine groups is 1. The van der Waals surface area contributed by atoms with Crippen LogP contribution in [0.1, 0.15) is 18.5 Å². The molecule has 1 heterocycles. The Hall–Kier alpha value is -1.55. The summed E-state index contributed by atoms with van der Waals surface area (Å²) < 4.78 is 5.07. The molecule has 8 heteroatoms. The molecule has 0 spiro atoms. The number of likely N-dealkylation sites (N-methyl/N-ethyl adjacent to an activating group) is 1. The lowest BCUT2D eigenvalue weighted by atomic mass is 10.1. The Morgan fingerprint density at radius 1 is 1.19 bits per heavy atom. The number of hydrogen-bond donors (Lipinski definition) is 1. The molecule has 1 aromatic rings. The summed E-state index contributed by atoms with van der Waals surface area (Å²) in [7, 11) is 5.97. The average Bonchev–Trinajstić information content (AvgIpc) is 2.66. The Labute approximate surface area is 179 Å². The molecule has 0 saturated carbocycles. The Balaban J connectivity index is 0.00000364. The van der Waals surface area contributed by atoms with Crippen LogP contribution < -0.4 is 5.32 Å². The largest absolute Gasteiger partial charge is 0.450 e. The van der Waals surface area contributed by atoms with E-state index in [0.29, 0.717) is 19.7 Å². The first-order valence-electron chi connectivity index (χ1n) is 9.15. The van der Waals surface area contributed by atoms with Gasteiger partial charge in [-0.15, -0.1) is 24.0 Å². The van der Waals surface area contributed by atoms with E-state index in [1.807, 2.05) is 13.0 Å². The van der Waals surface area contributed by atoms with Gasteiger partial charge in [-0.2, -0.15) is 0 Å². The van der Waals surface area contributed by atoms with E-state index in [2.05, 4.69) is 58.5 Å². The molecule has 0 bridgehead atoms. The number of hydrogen-bond acceptors (Lipinski definition) is 4. The highest BCUT2D eigenvalue weighted by molar-refractivity contribution is 14.0. The summed E-state index contributed by atoms with van der Waals surface area (Å²) in [6, 6.07) is 10.7. The van der Waals surface area contributed by atoms with Gasteiger partial charge in [0.2, 0.25) is 0 Å². The molecule has 2 rings (SSSR count). The second kappa shape index (κ2) is 12.0. The molecule has 7 nitrogen and oxygen atoms in total. The fraction of sp³-hybridized carbons (Fsp3) is 0.579. The summed E-state index contributed by atoms with van der Waals surface area (Å²) in [5.41, 5.74) is 1.27. The molecule has 1 amide bonds. The highest BCUT2D eigenvalue weighted by Gasteiger charge is 2.24. The van der Waals surface area contributed by atoms with E-state index in [4.69, 9.17) is 4.74 Å². The highest BCUT2D eigenvalue weighted by Crippen LogP contribution is 2.17. The van der Waals surface area contributed by atoms with Crippen LogP contribution in [0.4, 0.5) is 4.79 Å². The van der Waals surface area contributed by atoms with Crippen LogP contribution in [0.25, 0.3) is 0 Å². The number of halogens is 1. The van der Waals surface area contributed by atoms with Gasteiger partial charge in [0.15, 0.2) is 5.96 Å². The second-order valence-electron chi connectivity index (χ2n) is 6.49. The summed E-state index contributed by atoms with van der Waals surface area (Å²) in [6.45, 7) is 5.79. The van der Waals surface area contributed by atoms with Crippen molar-refractivity contribution < 1.29 is 9.53 Å². The molecule has 1 fully saturated rings. The summed E-state index contributed by atoms with van der Waals surface area (Å²) in [5.74, 6) is 0.872. The number of nitrogens with zero attached hydrogens (tertiary/aromatic N) is 4. The van der Waals surface area contributed by atoms with Crippen molar-refractivity contribution in [3.63, 3.8) is 0 Å². The molecule has 0 radical (unpaired) electrons. The lowest BCUT2D eigenvalue weighted by molar-refractivity contribution is 0.0914. The fourth-order valence-electron chi connectivity index (χ4n) is 3.11. The predicted octanol–water partition coefficient (Wildman–Crippen LogP) is 2.26. The molecule has 1 N–H and O–H groups in total. The van der Waals surface area contributed by atoms with Crippen molar-refractivity contribution in [2.45, 2.75) is 13.0 Å². The average molecular weight is 489 g/mol. The SMILES string of the molecule is CCOC(=O)N1CCN(C(=NC)NCC(c2ccccc2)N(C)C)CC1.I. The molecule has 27 heavy (non-hydrogen) atoms. The Kier molecular flexibility index (Phi) is 10.5. The van der Waals surface area contributed by atoms with Gasteiger partial charge in [-0.3, -0.25) is 4.99 Å². The molecule has 1 atom stereocenters. The van der Waals surface area contributed by atoms with Gasteiger partial charge >= 0.3 is 6.09 Å². The summed E-state index contributed by atoms with van der Waals surface area (Å²) >= 11 is 0. The van der Waals surface area contributed by atoms with Crippen molar-refractivity contribution in [3.8, 4) is 0 Å². The molecular formula is C19H32IN5O2. The number of amides is 1. The number of nitrogens with one attached hydrogen (secondary N) is 1. The summed E-state index contributed by atoms with van der Waals surface area (Å²) in [6.07, 6.45) is -0.230. The van der Waals surface area contributed by atoms with Crippen LogP contribution in [0.5, 0.6) is 0 Å². The van der Waals surface area contributed by atoms with E-state index < -0.39 is 0 Å². The third kappa shape index (κ3) is 6.84. The smallest absolute Gasteiger partial charge is 0.409 e. The van der Waals surface area contributed by atoms with E-state index in [1.165, 1.54) is 5.56 Å². The number of carbonyl (C=O) groups is 1. The van der Waals surface area contributed by atoms with Crippen molar-refractivity contribution in [1.82, 2.24) is 20.0 Å². The number of piperazine rings is 1. The maximum Gasteiger partial charge on any atom is 0.409 e. The Morgan fingerprint density at radius 2 is 1.78 bits per heavy atom. The lowest BCUT2D eigenvalue weighted by Gasteiger charge is -2.36. The Morgan fingerprint density at radius 3 is 2.30 bits per heavy atom. The molecule has 1 saturated heterocycles.